The number of hydrogen-bond acceptors (Lipinski definition) is 5. The zero-order valence-electron chi connectivity index (χ0n) is 23.1. The molecule has 3 aromatic rings. The summed E-state index contributed by atoms with van der Waals surface area (Å²) in [6, 6.07) is 14.0. The molecule has 12 heteroatoms. The topological polar surface area (TPSA) is 96.0 Å². The molecular weight excluding hydrogens is 592 g/mol. The first-order chi connectivity index (χ1) is 19.4. The molecule has 0 saturated carbocycles. The number of nitrogens with zero attached hydrogens (tertiary/aromatic N) is 2. The van der Waals surface area contributed by atoms with E-state index >= 15 is 0 Å². The van der Waals surface area contributed by atoms with Crippen molar-refractivity contribution in [2.24, 2.45) is 0 Å². The van der Waals surface area contributed by atoms with Crippen molar-refractivity contribution < 1.29 is 27.1 Å². The third-order valence-corrected chi connectivity index (χ3v) is 8.94. The van der Waals surface area contributed by atoms with Crippen LogP contribution in [-0.4, -0.2) is 50.9 Å². The minimum absolute atomic E-state index is 0.0664. The van der Waals surface area contributed by atoms with Gasteiger partial charge in [-0.05, 0) is 86.5 Å². The first-order valence-corrected chi connectivity index (χ1v) is 15.0. The lowest BCUT2D eigenvalue weighted by atomic mass is 10.1. The van der Waals surface area contributed by atoms with E-state index in [1.165, 1.54) is 54.5 Å². The van der Waals surface area contributed by atoms with Gasteiger partial charge in [-0.3, -0.25) is 13.9 Å². The van der Waals surface area contributed by atoms with Gasteiger partial charge in [-0.1, -0.05) is 36.2 Å². The number of amides is 2. The first-order valence-electron chi connectivity index (χ1n) is 12.8. The summed E-state index contributed by atoms with van der Waals surface area (Å²) in [5, 5.41) is 3.54. The lowest BCUT2D eigenvalue weighted by molar-refractivity contribution is -0.139. The van der Waals surface area contributed by atoms with Gasteiger partial charge >= 0.3 is 0 Å². The molecule has 0 fully saturated rings. The Kier molecular flexibility index (Phi) is 11.0. The smallest absolute Gasteiger partial charge is 0.264 e. The fourth-order valence-corrected chi connectivity index (χ4v) is 5.77. The fourth-order valence-electron chi connectivity index (χ4n) is 3.89. The molecule has 2 atom stereocenters. The Morgan fingerprint density at radius 3 is 2.20 bits per heavy atom. The van der Waals surface area contributed by atoms with E-state index in [0.29, 0.717) is 22.8 Å². The Bertz CT molecular complexity index is 1470. The number of carbonyl (C=O) groups excluding carboxylic acids is 2. The number of anilines is 1. The Hall–Kier alpha value is -3.34. The number of hydrogen-bond donors (Lipinski definition) is 1. The number of methoxy groups -OCH3 is 1. The number of rotatable bonds is 12. The molecular formula is C29H32Cl2FN3O5S. The minimum atomic E-state index is -4.31. The summed E-state index contributed by atoms with van der Waals surface area (Å²) in [5.41, 5.74) is 0.579. The highest BCUT2D eigenvalue weighted by molar-refractivity contribution is 7.92. The highest BCUT2D eigenvalue weighted by Crippen LogP contribution is 2.27. The fraction of sp³-hybridized carbons (Fsp3) is 0.310. The third-order valence-electron chi connectivity index (χ3n) is 6.57. The molecule has 0 saturated heterocycles. The molecule has 2 amide bonds. The van der Waals surface area contributed by atoms with E-state index < -0.39 is 40.2 Å². The molecule has 0 aliphatic rings. The molecule has 0 aliphatic carbocycles. The Morgan fingerprint density at radius 2 is 1.63 bits per heavy atom. The van der Waals surface area contributed by atoms with Gasteiger partial charge in [-0.15, -0.1) is 0 Å². The summed E-state index contributed by atoms with van der Waals surface area (Å²) in [7, 11) is -2.86. The van der Waals surface area contributed by atoms with Gasteiger partial charge in [0, 0.05) is 22.6 Å². The maximum atomic E-state index is 13.9. The number of carbonyl (C=O) groups is 2. The predicted octanol–water partition coefficient (Wildman–Crippen LogP) is 5.67. The molecule has 0 radical (unpaired) electrons. The number of ether oxygens (including phenoxy) is 1. The zero-order valence-corrected chi connectivity index (χ0v) is 25.4. The third kappa shape index (κ3) is 8.12. The Morgan fingerprint density at radius 1 is 1.00 bits per heavy atom. The van der Waals surface area contributed by atoms with Crippen molar-refractivity contribution in [3.63, 3.8) is 0 Å². The van der Waals surface area contributed by atoms with E-state index in [4.69, 9.17) is 27.9 Å². The quantitative estimate of drug-likeness (QED) is 0.280. The summed E-state index contributed by atoms with van der Waals surface area (Å²) < 4.78 is 47.4. The summed E-state index contributed by atoms with van der Waals surface area (Å²) in [5.74, 6) is -1.22. The maximum Gasteiger partial charge on any atom is 0.264 e. The van der Waals surface area contributed by atoms with Crippen molar-refractivity contribution in [3.05, 3.63) is 88.2 Å². The van der Waals surface area contributed by atoms with Gasteiger partial charge in [-0.25, -0.2) is 12.8 Å². The molecule has 0 aliphatic heterocycles. The van der Waals surface area contributed by atoms with E-state index in [-0.39, 0.29) is 28.2 Å². The number of nitrogens with one attached hydrogen (secondary N) is 1. The van der Waals surface area contributed by atoms with E-state index in [2.05, 4.69) is 5.32 Å². The van der Waals surface area contributed by atoms with Crippen LogP contribution in [0.4, 0.5) is 10.1 Å². The zero-order chi connectivity index (χ0) is 30.3. The average Bonchev–Trinajstić information content (AvgIpc) is 2.95. The maximum absolute atomic E-state index is 13.9. The van der Waals surface area contributed by atoms with Gasteiger partial charge in [0.2, 0.25) is 11.8 Å². The molecule has 41 heavy (non-hydrogen) atoms. The van der Waals surface area contributed by atoms with Crippen LogP contribution in [0.3, 0.4) is 0 Å². The van der Waals surface area contributed by atoms with E-state index in [0.717, 1.165) is 16.4 Å². The SMILES string of the molecule is CC[C@H](C)NC(=O)[C@H](C)N(Cc1ccc(Cl)cc1Cl)C(=O)CN(c1ccc(F)cc1)S(=O)(=O)c1ccc(OC)cc1. The second-order valence-corrected chi connectivity index (χ2v) is 12.1. The van der Waals surface area contributed by atoms with Crippen LogP contribution in [0.1, 0.15) is 32.8 Å². The van der Waals surface area contributed by atoms with Crippen LogP contribution in [0.25, 0.3) is 0 Å². The van der Waals surface area contributed by atoms with Crippen LogP contribution in [0.15, 0.2) is 71.6 Å². The van der Waals surface area contributed by atoms with Gasteiger partial charge in [0.15, 0.2) is 0 Å². The normalized spacial score (nSPS) is 12.8. The second kappa shape index (κ2) is 14.0. The molecule has 220 valence electrons. The van der Waals surface area contributed by atoms with Crippen LogP contribution in [-0.2, 0) is 26.2 Å². The van der Waals surface area contributed by atoms with E-state index in [1.807, 2.05) is 13.8 Å². The summed E-state index contributed by atoms with van der Waals surface area (Å²) >= 11 is 12.4. The van der Waals surface area contributed by atoms with E-state index in [9.17, 15) is 22.4 Å². The monoisotopic (exact) mass is 623 g/mol. The Balaban J connectivity index is 2.04. The number of halogens is 3. The molecule has 0 aromatic heterocycles. The van der Waals surface area contributed by atoms with Crippen LogP contribution in [0.5, 0.6) is 5.75 Å². The predicted molar refractivity (Wildman–Crippen MR) is 158 cm³/mol. The van der Waals surface area contributed by atoms with E-state index in [1.54, 1.807) is 19.1 Å². The molecule has 0 heterocycles. The first kappa shape index (κ1) is 32.2. The lowest BCUT2D eigenvalue weighted by Crippen LogP contribution is -2.52. The van der Waals surface area contributed by atoms with Gasteiger partial charge in [-0.2, -0.15) is 0 Å². The van der Waals surface area contributed by atoms with Gasteiger partial charge in [0.25, 0.3) is 10.0 Å². The molecule has 0 bridgehead atoms. The molecule has 3 rings (SSSR count). The lowest BCUT2D eigenvalue weighted by Gasteiger charge is -2.32. The van der Waals surface area contributed by atoms with Crippen LogP contribution in [0.2, 0.25) is 10.0 Å². The van der Waals surface area contributed by atoms with Crippen LogP contribution in [0, 0.1) is 5.82 Å². The van der Waals surface area contributed by atoms with Crippen molar-refractivity contribution in [1.82, 2.24) is 10.2 Å². The Labute approximate surface area is 250 Å². The highest BCUT2D eigenvalue weighted by Gasteiger charge is 2.33. The molecule has 1 N–H and O–H groups in total. The second-order valence-electron chi connectivity index (χ2n) is 9.41. The highest BCUT2D eigenvalue weighted by atomic mass is 35.5. The van der Waals surface area contributed by atoms with Crippen LogP contribution >= 0.6 is 23.2 Å². The minimum Gasteiger partial charge on any atom is -0.497 e. The summed E-state index contributed by atoms with van der Waals surface area (Å²) in [6.07, 6.45) is 0.674. The molecule has 8 nitrogen and oxygen atoms in total. The largest absolute Gasteiger partial charge is 0.497 e. The van der Waals surface area contributed by atoms with Gasteiger partial charge < -0.3 is 15.0 Å². The summed E-state index contributed by atoms with van der Waals surface area (Å²) in [4.78, 5) is 28.2. The molecule has 0 unspecified atom stereocenters. The van der Waals surface area contributed by atoms with Crippen molar-refractivity contribution in [2.45, 2.75) is 50.7 Å². The van der Waals surface area contributed by atoms with Crippen molar-refractivity contribution in [2.75, 3.05) is 18.0 Å². The van der Waals surface area contributed by atoms with Gasteiger partial charge in [0.1, 0.15) is 24.2 Å². The number of sulfonamides is 1. The summed E-state index contributed by atoms with van der Waals surface area (Å²) in [6.45, 7) is 4.54. The van der Waals surface area contributed by atoms with Gasteiger partial charge in [0.05, 0.1) is 17.7 Å². The molecule has 3 aromatic carbocycles. The van der Waals surface area contributed by atoms with Crippen molar-refractivity contribution >= 4 is 50.7 Å². The average molecular weight is 625 g/mol. The van der Waals surface area contributed by atoms with Crippen molar-refractivity contribution in [1.29, 1.82) is 0 Å². The number of benzene rings is 3. The standard InChI is InChI=1S/C29H32Cl2FN3O5S/c1-5-19(2)33-29(37)20(3)34(17-21-6-7-22(30)16-27(21)31)28(36)18-35(24-10-8-23(32)9-11-24)41(38,39)26-14-12-25(40-4)13-15-26/h6-16,19-20H,5,17-18H2,1-4H3,(H,33,37)/t19-,20-/m0/s1. The van der Waals surface area contributed by atoms with Crippen molar-refractivity contribution in [3.8, 4) is 5.75 Å². The van der Waals surface area contributed by atoms with Crippen LogP contribution < -0.4 is 14.4 Å². The molecule has 0 spiro atoms.